The number of alkyl halides is 2. The maximum atomic E-state index is 13.4. The van der Waals surface area contributed by atoms with E-state index < -0.39 is 30.8 Å². The minimum Gasteiger partial charge on any atom is -0.493 e. The highest BCUT2D eigenvalue weighted by molar-refractivity contribution is 5.77. The summed E-state index contributed by atoms with van der Waals surface area (Å²) in [5.41, 5.74) is 0.560. The van der Waals surface area contributed by atoms with Crippen LogP contribution in [0.5, 0.6) is 17.2 Å². The molecule has 0 bridgehead atoms. The standard InChI is InChI=1S/C17H15F4NO4/c1-24-15-6-10(2-4-14(15)26-17(20)21)8-22-16(23)9-25-13-5-3-11(18)7-12(13)19/h2-7,17H,8-9H2,1H3,(H,22,23). The van der Waals surface area contributed by atoms with Crippen LogP contribution in [0.2, 0.25) is 0 Å². The molecule has 0 saturated heterocycles. The monoisotopic (exact) mass is 373 g/mol. The molecule has 0 unspecified atom stereocenters. The average molecular weight is 373 g/mol. The Balaban J connectivity index is 1.88. The van der Waals surface area contributed by atoms with E-state index in [4.69, 9.17) is 9.47 Å². The number of amides is 1. The third-order valence-corrected chi connectivity index (χ3v) is 3.19. The van der Waals surface area contributed by atoms with Crippen LogP contribution in [0.1, 0.15) is 5.56 Å². The van der Waals surface area contributed by atoms with Gasteiger partial charge in [-0.05, 0) is 29.8 Å². The van der Waals surface area contributed by atoms with Gasteiger partial charge < -0.3 is 19.5 Å². The van der Waals surface area contributed by atoms with E-state index in [1.807, 2.05) is 0 Å². The molecule has 140 valence electrons. The first-order chi connectivity index (χ1) is 12.4. The fourth-order valence-electron chi connectivity index (χ4n) is 2.00. The van der Waals surface area contributed by atoms with Gasteiger partial charge in [0, 0.05) is 12.6 Å². The molecule has 2 aromatic rings. The van der Waals surface area contributed by atoms with Crippen LogP contribution in [-0.4, -0.2) is 26.2 Å². The summed E-state index contributed by atoms with van der Waals surface area (Å²) in [6.45, 7) is -3.41. The van der Waals surface area contributed by atoms with Crippen LogP contribution >= 0.6 is 0 Å². The maximum absolute atomic E-state index is 13.4. The Bertz CT molecular complexity index is 770. The fraction of sp³-hybridized carbons (Fsp3) is 0.235. The molecule has 0 heterocycles. The van der Waals surface area contributed by atoms with Crippen molar-refractivity contribution in [3.63, 3.8) is 0 Å². The van der Waals surface area contributed by atoms with E-state index in [1.165, 1.54) is 25.3 Å². The van der Waals surface area contributed by atoms with E-state index in [0.717, 1.165) is 12.1 Å². The van der Waals surface area contributed by atoms with Gasteiger partial charge in [-0.2, -0.15) is 8.78 Å². The molecular formula is C17H15F4NO4. The number of hydrogen-bond acceptors (Lipinski definition) is 4. The normalized spacial score (nSPS) is 10.5. The van der Waals surface area contributed by atoms with Gasteiger partial charge in [0.2, 0.25) is 0 Å². The zero-order chi connectivity index (χ0) is 19.1. The van der Waals surface area contributed by atoms with Crippen molar-refractivity contribution in [2.24, 2.45) is 0 Å². The molecule has 0 atom stereocenters. The molecule has 1 N–H and O–H groups in total. The third-order valence-electron chi connectivity index (χ3n) is 3.19. The lowest BCUT2D eigenvalue weighted by Crippen LogP contribution is -2.28. The van der Waals surface area contributed by atoms with E-state index >= 15 is 0 Å². The van der Waals surface area contributed by atoms with Crippen molar-refractivity contribution in [3.05, 3.63) is 53.6 Å². The van der Waals surface area contributed by atoms with Crippen LogP contribution in [0.3, 0.4) is 0 Å². The molecule has 0 radical (unpaired) electrons. The van der Waals surface area contributed by atoms with Gasteiger partial charge in [0.15, 0.2) is 29.7 Å². The zero-order valence-corrected chi connectivity index (χ0v) is 13.6. The molecule has 2 rings (SSSR count). The summed E-state index contributed by atoms with van der Waals surface area (Å²) in [4.78, 5) is 11.7. The van der Waals surface area contributed by atoms with Crippen molar-refractivity contribution >= 4 is 5.91 Å². The van der Waals surface area contributed by atoms with Crippen molar-refractivity contribution in [1.29, 1.82) is 0 Å². The Hall–Kier alpha value is -2.97. The van der Waals surface area contributed by atoms with Gasteiger partial charge in [0.25, 0.3) is 5.91 Å². The van der Waals surface area contributed by atoms with Crippen molar-refractivity contribution in [2.75, 3.05) is 13.7 Å². The molecule has 1 amide bonds. The fourth-order valence-corrected chi connectivity index (χ4v) is 2.00. The lowest BCUT2D eigenvalue weighted by atomic mass is 10.2. The van der Waals surface area contributed by atoms with Crippen LogP contribution in [0.15, 0.2) is 36.4 Å². The predicted octanol–water partition coefficient (Wildman–Crippen LogP) is 3.27. The van der Waals surface area contributed by atoms with Crippen molar-refractivity contribution in [3.8, 4) is 17.2 Å². The first kappa shape index (κ1) is 19.4. The van der Waals surface area contributed by atoms with Crippen LogP contribution in [0.25, 0.3) is 0 Å². The smallest absolute Gasteiger partial charge is 0.387 e. The highest BCUT2D eigenvalue weighted by Crippen LogP contribution is 2.29. The number of carbonyl (C=O) groups is 1. The molecule has 0 aliphatic carbocycles. The Morgan fingerprint density at radius 3 is 2.46 bits per heavy atom. The summed E-state index contributed by atoms with van der Waals surface area (Å²) >= 11 is 0. The van der Waals surface area contributed by atoms with Gasteiger partial charge in [-0.1, -0.05) is 6.07 Å². The third kappa shape index (κ3) is 5.54. The van der Waals surface area contributed by atoms with Crippen molar-refractivity contribution < 1.29 is 36.6 Å². The summed E-state index contributed by atoms with van der Waals surface area (Å²) < 4.78 is 64.9. The molecule has 0 spiro atoms. The van der Waals surface area contributed by atoms with Crippen molar-refractivity contribution in [2.45, 2.75) is 13.2 Å². The molecule has 0 fully saturated rings. The Kier molecular flexibility index (Phi) is 6.65. The average Bonchev–Trinajstić information content (AvgIpc) is 2.59. The SMILES string of the molecule is COc1cc(CNC(=O)COc2ccc(F)cc2F)ccc1OC(F)F. The highest BCUT2D eigenvalue weighted by atomic mass is 19.3. The first-order valence-corrected chi connectivity index (χ1v) is 7.35. The van der Waals surface area contributed by atoms with Gasteiger partial charge >= 0.3 is 6.61 Å². The van der Waals surface area contributed by atoms with Crippen molar-refractivity contribution in [1.82, 2.24) is 5.32 Å². The number of hydrogen-bond donors (Lipinski definition) is 1. The van der Waals surface area contributed by atoms with E-state index in [0.29, 0.717) is 11.6 Å². The Labute approximate surface area is 146 Å². The largest absolute Gasteiger partial charge is 0.493 e. The van der Waals surface area contributed by atoms with Gasteiger partial charge in [0.1, 0.15) is 5.82 Å². The second-order valence-electron chi connectivity index (χ2n) is 5.00. The molecule has 9 heteroatoms. The zero-order valence-electron chi connectivity index (χ0n) is 13.6. The van der Waals surface area contributed by atoms with Crippen LogP contribution in [0, 0.1) is 11.6 Å². The molecule has 5 nitrogen and oxygen atoms in total. The quantitative estimate of drug-likeness (QED) is 0.722. The van der Waals surface area contributed by atoms with Gasteiger partial charge in [-0.15, -0.1) is 0 Å². The van der Waals surface area contributed by atoms with E-state index in [-0.39, 0.29) is 23.8 Å². The topological polar surface area (TPSA) is 56.8 Å². The maximum Gasteiger partial charge on any atom is 0.387 e. The molecule has 26 heavy (non-hydrogen) atoms. The van der Waals surface area contributed by atoms with E-state index in [9.17, 15) is 22.4 Å². The number of rotatable bonds is 8. The van der Waals surface area contributed by atoms with Gasteiger partial charge in [0.05, 0.1) is 7.11 Å². The van der Waals surface area contributed by atoms with Crippen LogP contribution in [-0.2, 0) is 11.3 Å². The summed E-state index contributed by atoms with van der Waals surface area (Å²) in [7, 11) is 1.29. The van der Waals surface area contributed by atoms with E-state index in [1.54, 1.807) is 0 Å². The molecule has 0 aromatic heterocycles. The first-order valence-electron chi connectivity index (χ1n) is 7.35. The minimum atomic E-state index is -2.99. The number of carbonyl (C=O) groups excluding carboxylic acids is 1. The summed E-state index contributed by atoms with van der Waals surface area (Å²) in [5.74, 6) is -2.53. The molecule has 0 aliphatic rings. The number of ether oxygens (including phenoxy) is 3. The number of benzene rings is 2. The van der Waals surface area contributed by atoms with Gasteiger partial charge in [-0.25, -0.2) is 8.78 Å². The van der Waals surface area contributed by atoms with Crippen LogP contribution in [0.4, 0.5) is 17.6 Å². The molecule has 2 aromatic carbocycles. The van der Waals surface area contributed by atoms with E-state index in [2.05, 4.69) is 10.1 Å². The number of nitrogens with one attached hydrogen (secondary N) is 1. The predicted molar refractivity (Wildman–Crippen MR) is 83.3 cm³/mol. The number of halogens is 4. The summed E-state index contributed by atoms with van der Waals surface area (Å²) in [5, 5.41) is 2.51. The second kappa shape index (κ2) is 8.93. The molecule has 0 saturated carbocycles. The Morgan fingerprint density at radius 2 is 1.81 bits per heavy atom. The lowest BCUT2D eigenvalue weighted by Gasteiger charge is -2.12. The highest BCUT2D eigenvalue weighted by Gasteiger charge is 2.12. The Morgan fingerprint density at radius 1 is 1.08 bits per heavy atom. The van der Waals surface area contributed by atoms with Gasteiger partial charge in [-0.3, -0.25) is 4.79 Å². The summed E-state index contributed by atoms with van der Waals surface area (Å²) in [6.07, 6.45) is 0. The minimum absolute atomic E-state index is 0.0550. The van der Waals surface area contributed by atoms with Crippen LogP contribution < -0.4 is 19.5 Å². The summed E-state index contributed by atoms with van der Waals surface area (Å²) in [6, 6.07) is 6.91. The second-order valence-corrected chi connectivity index (χ2v) is 5.00. The number of methoxy groups -OCH3 is 1. The molecular weight excluding hydrogens is 358 g/mol. The lowest BCUT2D eigenvalue weighted by molar-refractivity contribution is -0.123. The molecule has 0 aliphatic heterocycles.